The van der Waals surface area contributed by atoms with Crippen LogP contribution in [0.3, 0.4) is 0 Å². The number of fused-ring (bicyclic) bond motifs is 2. The van der Waals surface area contributed by atoms with Crippen LogP contribution in [-0.2, 0) is 10.0 Å². The summed E-state index contributed by atoms with van der Waals surface area (Å²) in [4.78, 5) is 30.1. The van der Waals surface area contributed by atoms with Gasteiger partial charge in [-0.25, -0.2) is 17.9 Å². The molecule has 2 aromatic carbocycles. The molecule has 1 atom stereocenters. The molecule has 1 aliphatic rings. The van der Waals surface area contributed by atoms with E-state index in [4.69, 9.17) is 5.14 Å². The van der Waals surface area contributed by atoms with Gasteiger partial charge in [-0.3, -0.25) is 9.59 Å². The lowest BCUT2D eigenvalue weighted by molar-refractivity contribution is 0.0727. The number of carbonyl (C=O) groups excluding carboxylic acids is 1. The SMILES string of the molecule is NS(=O)(=O)C1CCCN(C(=O)c2ccc3[nH]c4ccc(F)cc4c(=O)c3c2)C1. The summed E-state index contributed by atoms with van der Waals surface area (Å²) < 4.78 is 36.8. The number of nitrogens with two attached hydrogens (primary N) is 1. The van der Waals surface area contributed by atoms with Crippen molar-refractivity contribution in [2.24, 2.45) is 5.14 Å². The maximum atomic E-state index is 13.5. The van der Waals surface area contributed by atoms with Gasteiger partial charge in [0, 0.05) is 40.5 Å². The van der Waals surface area contributed by atoms with Gasteiger partial charge in [-0.15, -0.1) is 0 Å². The van der Waals surface area contributed by atoms with Crippen molar-refractivity contribution in [3.05, 3.63) is 58.0 Å². The van der Waals surface area contributed by atoms with Crippen molar-refractivity contribution in [3.8, 4) is 0 Å². The number of carbonyl (C=O) groups is 1. The summed E-state index contributed by atoms with van der Waals surface area (Å²) in [6.45, 7) is 0.442. The van der Waals surface area contributed by atoms with E-state index in [0.717, 1.165) is 6.07 Å². The second-order valence-corrected chi connectivity index (χ2v) is 8.85. The lowest BCUT2D eigenvalue weighted by Gasteiger charge is -2.31. The number of primary sulfonamides is 1. The third-order valence-electron chi connectivity index (χ3n) is 5.14. The number of piperidine rings is 1. The Morgan fingerprint density at radius 2 is 1.82 bits per heavy atom. The number of H-pyrrole nitrogens is 1. The predicted molar refractivity (Wildman–Crippen MR) is 104 cm³/mol. The number of pyridine rings is 1. The van der Waals surface area contributed by atoms with Crippen molar-refractivity contribution in [2.75, 3.05) is 13.1 Å². The van der Waals surface area contributed by atoms with Crippen LogP contribution in [0.4, 0.5) is 4.39 Å². The third-order valence-corrected chi connectivity index (χ3v) is 6.45. The maximum Gasteiger partial charge on any atom is 0.253 e. The highest BCUT2D eigenvalue weighted by atomic mass is 32.2. The number of benzene rings is 2. The van der Waals surface area contributed by atoms with E-state index >= 15 is 0 Å². The molecule has 1 aromatic heterocycles. The number of nitrogens with one attached hydrogen (secondary N) is 1. The van der Waals surface area contributed by atoms with Crippen molar-refractivity contribution in [2.45, 2.75) is 18.1 Å². The summed E-state index contributed by atoms with van der Waals surface area (Å²) in [6.07, 6.45) is 0.947. The molecule has 0 spiro atoms. The zero-order valence-corrected chi connectivity index (χ0v) is 15.6. The van der Waals surface area contributed by atoms with Gasteiger partial charge in [0.1, 0.15) is 5.82 Å². The third kappa shape index (κ3) is 3.27. The number of aromatic amines is 1. The highest BCUT2D eigenvalue weighted by molar-refractivity contribution is 7.89. The fourth-order valence-corrected chi connectivity index (χ4v) is 4.53. The fraction of sp³-hybridized carbons (Fsp3) is 0.263. The monoisotopic (exact) mass is 403 g/mol. The van der Waals surface area contributed by atoms with Crippen LogP contribution in [0.2, 0.25) is 0 Å². The lowest BCUT2D eigenvalue weighted by Crippen LogP contribution is -2.47. The number of halogens is 1. The lowest BCUT2D eigenvalue weighted by atomic mass is 10.0. The molecule has 0 aliphatic carbocycles. The van der Waals surface area contributed by atoms with Crippen molar-refractivity contribution in [1.82, 2.24) is 9.88 Å². The first-order valence-corrected chi connectivity index (χ1v) is 10.4. The first-order valence-electron chi connectivity index (χ1n) is 8.80. The molecular weight excluding hydrogens is 385 g/mol. The Hall–Kier alpha value is -2.78. The Balaban J connectivity index is 1.75. The summed E-state index contributed by atoms with van der Waals surface area (Å²) in [5, 5.41) is 4.90. The molecule has 4 rings (SSSR count). The van der Waals surface area contributed by atoms with Crippen molar-refractivity contribution >= 4 is 37.7 Å². The number of aromatic nitrogens is 1. The van der Waals surface area contributed by atoms with E-state index in [0.29, 0.717) is 30.4 Å². The second kappa shape index (κ2) is 6.68. The number of sulfonamides is 1. The van der Waals surface area contributed by atoms with Crippen LogP contribution in [0, 0.1) is 5.82 Å². The van der Waals surface area contributed by atoms with Crippen LogP contribution in [-0.4, -0.2) is 42.5 Å². The minimum absolute atomic E-state index is 0.0228. The molecule has 0 saturated carbocycles. The van der Waals surface area contributed by atoms with Crippen LogP contribution < -0.4 is 10.6 Å². The molecule has 7 nitrogen and oxygen atoms in total. The normalized spacial score (nSPS) is 17.9. The van der Waals surface area contributed by atoms with Crippen LogP contribution in [0.25, 0.3) is 21.8 Å². The van der Waals surface area contributed by atoms with Gasteiger partial charge in [-0.2, -0.15) is 0 Å². The Morgan fingerprint density at radius 1 is 1.14 bits per heavy atom. The molecule has 28 heavy (non-hydrogen) atoms. The summed E-state index contributed by atoms with van der Waals surface area (Å²) in [5.74, 6) is -0.888. The Bertz CT molecular complexity index is 1270. The van der Waals surface area contributed by atoms with Crippen LogP contribution in [0.15, 0.2) is 41.2 Å². The average molecular weight is 403 g/mol. The van der Waals surface area contributed by atoms with Gasteiger partial charge in [0.15, 0.2) is 5.43 Å². The van der Waals surface area contributed by atoms with Crippen molar-refractivity contribution in [3.63, 3.8) is 0 Å². The molecule has 1 amide bonds. The summed E-state index contributed by atoms with van der Waals surface area (Å²) in [7, 11) is -3.73. The average Bonchev–Trinajstić information content (AvgIpc) is 2.67. The fourth-order valence-electron chi connectivity index (χ4n) is 3.65. The number of likely N-dealkylation sites (tertiary alicyclic amines) is 1. The molecular formula is C19H18FN3O4S. The molecule has 1 saturated heterocycles. The van der Waals surface area contributed by atoms with Crippen LogP contribution in [0.1, 0.15) is 23.2 Å². The Morgan fingerprint density at radius 3 is 2.54 bits per heavy atom. The number of amides is 1. The van der Waals surface area contributed by atoms with Gasteiger partial charge < -0.3 is 9.88 Å². The topological polar surface area (TPSA) is 113 Å². The first-order chi connectivity index (χ1) is 13.2. The van der Waals surface area contributed by atoms with E-state index in [2.05, 4.69) is 4.98 Å². The number of hydrogen-bond donors (Lipinski definition) is 2. The molecule has 146 valence electrons. The molecule has 0 bridgehead atoms. The largest absolute Gasteiger partial charge is 0.354 e. The van der Waals surface area contributed by atoms with Gasteiger partial charge >= 0.3 is 0 Å². The molecule has 1 unspecified atom stereocenters. The van der Waals surface area contributed by atoms with E-state index < -0.39 is 21.1 Å². The zero-order valence-electron chi connectivity index (χ0n) is 14.8. The predicted octanol–water partition coefficient (Wildman–Crippen LogP) is 1.71. The quantitative estimate of drug-likeness (QED) is 0.634. The number of rotatable bonds is 2. The van der Waals surface area contributed by atoms with Gasteiger partial charge in [0.2, 0.25) is 10.0 Å². The minimum atomic E-state index is -3.73. The van der Waals surface area contributed by atoms with Gasteiger partial charge in [0.25, 0.3) is 5.91 Å². The number of hydrogen-bond acceptors (Lipinski definition) is 4. The van der Waals surface area contributed by atoms with Crippen LogP contribution in [0.5, 0.6) is 0 Å². The Kier molecular flexibility index (Phi) is 4.43. The minimum Gasteiger partial charge on any atom is -0.354 e. The van der Waals surface area contributed by atoms with Gasteiger partial charge in [0.05, 0.1) is 5.25 Å². The summed E-state index contributed by atoms with van der Waals surface area (Å²) >= 11 is 0. The molecule has 0 radical (unpaired) electrons. The van der Waals surface area contributed by atoms with Crippen molar-refractivity contribution < 1.29 is 17.6 Å². The first kappa shape index (κ1) is 18.6. The molecule has 3 aromatic rings. The molecule has 1 aliphatic heterocycles. The van der Waals surface area contributed by atoms with Gasteiger partial charge in [-0.1, -0.05) is 0 Å². The highest BCUT2D eigenvalue weighted by Gasteiger charge is 2.31. The van der Waals surface area contributed by atoms with E-state index in [1.54, 1.807) is 12.1 Å². The Labute approximate surface area is 160 Å². The molecule has 1 fully saturated rings. The zero-order chi connectivity index (χ0) is 20.1. The molecule has 9 heteroatoms. The highest BCUT2D eigenvalue weighted by Crippen LogP contribution is 2.21. The maximum absolute atomic E-state index is 13.5. The number of nitrogens with zero attached hydrogens (tertiary/aromatic N) is 1. The van der Waals surface area contributed by atoms with E-state index in [1.165, 1.54) is 23.1 Å². The van der Waals surface area contributed by atoms with E-state index in [1.807, 2.05) is 0 Å². The molecule has 2 heterocycles. The van der Waals surface area contributed by atoms with E-state index in [-0.39, 0.29) is 34.2 Å². The second-order valence-electron chi connectivity index (χ2n) is 7.01. The standard InChI is InChI=1S/C19H18FN3O4S/c20-12-4-6-17-15(9-12)18(24)14-8-11(3-5-16(14)22-17)19(25)23-7-1-2-13(10-23)28(21,26)27/h3-6,8-9,13H,1-2,7,10H2,(H,22,24)(H2,21,26,27). The van der Waals surface area contributed by atoms with E-state index in [9.17, 15) is 22.4 Å². The molecule has 3 N–H and O–H groups in total. The van der Waals surface area contributed by atoms with Crippen LogP contribution >= 0.6 is 0 Å². The van der Waals surface area contributed by atoms with Crippen molar-refractivity contribution in [1.29, 1.82) is 0 Å². The summed E-state index contributed by atoms with van der Waals surface area (Å²) in [6, 6.07) is 8.57. The smallest absolute Gasteiger partial charge is 0.253 e. The summed E-state index contributed by atoms with van der Waals surface area (Å²) in [5.41, 5.74) is 0.925. The van der Waals surface area contributed by atoms with Gasteiger partial charge in [-0.05, 0) is 49.2 Å².